The summed E-state index contributed by atoms with van der Waals surface area (Å²) in [5, 5.41) is 5.60. The Balaban J connectivity index is 1.70. The fraction of sp³-hybridized carbons (Fsp3) is 0.143. The highest BCUT2D eigenvalue weighted by atomic mass is 35.5. The summed E-state index contributed by atoms with van der Waals surface area (Å²) in [7, 11) is 1.53. The molecule has 2 rings (SSSR count). The van der Waals surface area contributed by atoms with Gasteiger partial charge in [0.25, 0.3) is 0 Å². The van der Waals surface area contributed by atoms with Gasteiger partial charge in [0.1, 0.15) is 5.75 Å². The van der Waals surface area contributed by atoms with Crippen LogP contribution in [0.2, 0.25) is 10.0 Å². The minimum Gasteiger partial charge on any atom is -0.496 e. The van der Waals surface area contributed by atoms with Crippen molar-refractivity contribution in [3.63, 3.8) is 0 Å². The molecule has 2 aromatic carbocycles. The summed E-state index contributed by atoms with van der Waals surface area (Å²) in [4.78, 5) is 35.8. The van der Waals surface area contributed by atoms with Crippen LogP contribution in [0.5, 0.6) is 5.75 Å². The minimum atomic E-state index is -0.498. The van der Waals surface area contributed by atoms with Crippen LogP contribution in [0.15, 0.2) is 48.5 Å². The summed E-state index contributed by atoms with van der Waals surface area (Å²) in [5.41, 5.74) is 5.81. The number of hydrazine groups is 1. The number of hydrogen-bond donors (Lipinski definition) is 4. The van der Waals surface area contributed by atoms with Crippen molar-refractivity contribution in [1.82, 2.24) is 16.2 Å². The molecule has 0 radical (unpaired) electrons. The highest BCUT2D eigenvalue weighted by Gasteiger charge is 2.10. The summed E-state index contributed by atoms with van der Waals surface area (Å²) in [6, 6.07) is 11.8. The van der Waals surface area contributed by atoms with Gasteiger partial charge in [0.05, 0.1) is 17.8 Å². The molecule has 32 heavy (non-hydrogen) atoms. The molecule has 11 heteroatoms. The van der Waals surface area contributed by atoms with E-state index in [4.69, 9.17) is 40.2 Å². The van der Waals surface area contributed by atoms with Gasteiger partial charge in [-0.2, -0.15) is 0 Å². The maximum atomic E-state index is 12.0. The molecule has 0 bridgehead atoms. The van der Waals surface area contributed by atoms with Gasteiger partial charge in [0, 0.05) is 29.5 Å². The molecular formula is C21H20Cl2N4O4S. The molecule has 0 spiro atoms. The highest BCUT2D eigenvalue weighted by Crippen LogP contribution is 2.25. The molecule has 0 aliphatic heterocycles. The number of para-hydroxylation sites is 1. The third kappa shape index (κ3) is 8.54. The van der Waals surface area contributed by atoms with Crippen LogP contribution >= 0.6 is 35.4 Å². The van der Waals surface area contributed by atoms with E-state index in [2.05, 4.69) is 21.5 Å². The normalized spacial score (nSPS) is 10.3. The number of carbonyl (C=O) groups is 3. The molecule has 0 saturated heterocycles. The number of halogens is 2. The Bertz CT molecular complexity index is 1050. The molecule has 0 atom stereocenters. The van der Waals surface area contributed by atoms with Gasteiger partial charge in [-0.1, -0.05) is 41.4 Å². The number of amides is 3. The van der Waals surface area contributed by atoms with E-state index in [0.29, 0.717) is 16.5 Å². The topological polar surface area (TPSA) is 109 Å². The summed E-state index contributed by atoms with van der Waals surface area (Å²) in [6.07, 6.45) is 2.64. The fourth-order valence-electron chi connectivity index (χ4n) is 2.37. The van der Waals surface area contributed by atoms with Gasteiger partial charge in [0.2, 0.25) is 17.7 Å². The van der Waals surface area contributed by atoms with Crippen LogP contribution in [-0.2, 0) is 14.4 Å². The van der Waals surface area contributed by atoms with Crippen LogP contribution in [0.3, 0.4) is 0 Å². The second-order valence-electron chi connectivity index (χ2n) is 6.24. The smallest absolute Gasteiger partial charge is 0.250 e. The lowest BCUT2D eigenvalue weighted by Crippen LogP contribution is -2.48. The van der Waals surface area contributed by atoms with Crippen molar-refractivity contribution in [2.24, 2.45) is 0 Å². The molecule has 0 fully saturated rings. The average Bonchev–Trinajstić information content (AvgIpc) is 2.77. The molecule has 8 nitrogen and oxygen atoms in total. The molecule has 0 heterocycles. The number of nitrogens with one attached hydrogen (secondary N) is 4. The van der Waals surface area contributed by atoms with E-state index in [1.165, 1.54) is 19.3 Å². The second kappa shape index (κ2) is 12.7. The number of rotatable bonds is 7. The number of carbonyl (C=O) groups excluding carboxylic acids is 3. The largest absolute Gasteiger partial charge is 0.496 e. The number of thiocarbonyl (C=S) groups is 1. The summed E-state index contributed by atoms with van der Waals surface area (Å²) >= 11 is 16.7. The lowest BCUT2D eigenvalue weighted by molar-refractivity contribution is -0.124. The van der Waals surface area contributed by atoms with Gasteiger partial charge in [0.15, 0.2) is 5.11 Å². The average molecular weight is 495 g/mol. The number of anilines is 1. The number of methoxy groups -OCH3 is 1. The van der Waals surface area contributed by atoms with E-state index >= 15 is 0 Å². The molecular weight excluding hydrogens is 475 g/mol. The Hall–Kier alpha value is -3.14. The van der Waals surface area contributed by atoms with Crippen LogP contribution in [0.4, 0.5) is 5.69 Å². The maximum Gasteiger partial charge on any atom is 0.250 e. The Labute approximate surface area is 200 Å². The molecule has 3 amide bonds. The van der Waals surface area contributed by atoms with Crippen molar-refractivity contribution < 1.29 is 19.1 Å². The quantitative estimate of drug-likeness (QED) is 0.266. The third-order valence-corrected chi connectivity index (χ3v) is 4.64. The standard InChI is InChI=1S/C21H20Cl2N4O4S/c1-31-17-5-3-2-4-13(17)6-9-19(29)25-21(32)27-26-20(30)11-10-18(28)24-16-8-7-14(22)12-15(16)23/h2-9,12H,10-11H2,1H3,(H,24,28)(H,26,30)(H2,25,27,29,32). The van der Waals surface area contributed by atoms with E-state index in [0.717, 1.165) is 5.56 Å². The van der Waals surface area contributed by atoms with Gasteiger partial charge >= 0.3 is 0 Å². The van der Waals surface area contributed by atoms with Crippen molar-refractivity contribution in [3.05, 3.63) is 64.1 Å². The number of ether oxygens (including phenoxy) is 1. The zero-order valence-corrected chi connectivity index (χ0v) is 19.2. The molecule has 0 saturated carbocycles. The number of benzene rings is 2. The lowest BCUT2D eigenvalue weighted by Gasteiger charge is -2.10. The molecule has 0 aliphatic rings. The first kappa shape index (κ1) is 25.1. The minimum absolute atomic E-state index is 0.0900. The van der Waals surface area contributed by atoms with E-state index < -0.39 is 17.7 Å². The van der Waals surface area contributed by atoms with Gasteiger partial charge in [-0.15, -0.1) is 0 Å². The second-order valence-corrected chi connectivity index (χ2v) is 7.49. The first-order valence-corrected chi connectivity index (χ1v) is 10.4. The SMILES string of the molecule is COc1ccccc1C=CC(=O)NC(=S)NNC(=O)CCC(=O)Nc1ccc(Cl)cc1Cl. The molecule has 0 aliphatic carbocycles. The van der Waals surface area contributed by atoms with Gasteiger partial charge in [-0.3, -0.25) is 30.6 Å². The summed E-state index contributed by atoms with van der Waals surface area (Å²) in [6.45, 7) is 0. The third-order valence-electron chi connectivity index (χ3n) is 3.89. The van der Waals surface area contributed by atoms with E-state index in [1.807, 2.05) is 12.1 Å². The van der Waals surface area contributed by atoms with Crippen LogP contribution in [0.1, 0.15) is 18.4 Å². The monoisotopic (exact) mass is 494 g/mol. The van der Waals surface area contributed by atoms with E-state index in [9.17, 15) is 14.4 Å². The van der Waals surface area contributed by atoms with Gasteiger partial charge < -0.3 is 10.1 Å². The first-order chi connectivity index (χ1) is 15.3. The number of hydrogen-bond acceptors (Lipinski definition) is 5. The predicted molar refractivity (Wildman–Crippen MR) is 128 cm³/mol. The Morgan fingerprint density at radius 3 is 2.47 bits per heavy atom. The van der Waals surface area contributed by atoms with Crippen LogP contribution in [0.25, 0.3) is 6.08 Å². The molecule has 4 N–H and O–H groups in total. The Morgan fingerprint density at radius 2 is 1.75 bits per heavy atom. The van der Waals surface area contributed by atoms with Crippen molar-refractivity contribution >= 4 is 70.0 Å². The zero-order valence-electron chi connectivity index (χ0n) is 16.9. The zero-order chi connectivity index (χ0) is 23.5. The van der Waals surface area contributed by atoms with Crippen LogP contribution in [-0.4, -0.2) is 29.9 Å². The Kier molecular flexibility index (Phi) is 9.93. The molecule has 168 valence electrons. The van der Waals surface area contributed by atoms with Crippen LogP contribution < -0.4 is 26.2 Å². The van der Waals surface area contributed by atoms with Gasteiger partial charge in [-0.25, -0.2) is 0 Å². The predicted octanol–water partition coefficient (Wildman–Crippen LogP) is 3.46. The van der Waals surface area contributed by atoms with Crippen LogP contribution in [0, 0.1) is 0 Å². The Morgan fingerprint density at radius 1 is 1.03 bits per heavy atom. The first-order valence-electron chi connectivity index (χ1n) is 9.24. The summed E-state index contributed by atoms with van der Waals surface area (Å²) < 4.78 is 5.20. The highest BCUT2D eigenvalue weighted by molar-refractivity contribution is 7.80. The fourth-order valence-corrected chi connectivity index (χ4v) is 2.98. The van der Waals surface area contributed by atoms with Gasteiger partial charge in [-0.05, 0) is 42.6 Å². The molecule has 0 aromatic heterocycles. The molecule has 2 aromatic rings. The van der Waals surface area contributed by atoms with E-state index in [1.54, 1.807) is 30.3 Å². The van der Waals surface area contributed by atoms with Crippen molar-refractivity contribution in [3.8, 4) is 5.75 Å². The summed E-state index contributed by atoms with van der Waals surface area (Å²) in [5.74, 6) is -0.779. The van der Waals surface area contributed by atoms with Crippen molar-refractivity contribution in [2.45, 2.75) is 12.8 Å². The lowest BCUT2D eigenvalue weighted by atomic mass is 10.2. The molecule has 0 unspecified atom stereocenters. The maximum absolute atomic E-state index is 12.0. The van der Waals surface area contributed by atoms with Crippen molar-refractivity contribution in [1.29, 1.82) is 0 Å². The van der Waals surface area contributed by atoms with E-state index in [-0.39, 0.29) is 23.0 Å². The van der Waals surface area contributed by atoms with Crippen molar-refractivity contribution in [2.75, 3.05) is 12.4 Å².